The largest absolute Gasteiger partial charge is 0.337 e. The summed E-state index contributed by atoms with van der Waals surface area (Å²) in [6.07, 6.45) is 8.17. The summed E-state index contributed by atoms with van der Waals surface area (Å²) in [5.74, 6) is -0.197. The molecule has 0 aromatic heterocycles. The van der Waals surface area contributed by atoms with Gasteiger partial charge >= 0.3 is 0 Å². The monoisotopic (exact) mass is 498 g/mol. The molecule has 1 aliphatic carbocycles. The Kier molecular flexibility index (Phi) is 8.68. The van der Waals surface area contributed by atoms with Gasteiger partial charge in [-0.3, -0.25) is 4.79 Å². The Morgan fingerprint density at radius 2 is 1.64 bits per heavy atom. The molecule has 2 fully saturated rings. The molecule has 1 aromatic rings. The molecule has 1 N–H and O–H groups in total. The highest BCUT2D eigenvalue weighted by Gasteiger charge is 2.35. The lowest BCUT2D eigenvalue weighted by Crippen LogP contribution is -2.55. The van der Waals surface area contributed by atoms with E-state index in [-0.39, 0.29) is 29.9 Å². The number of carbonyl (C=O) groups excluding carboxylic acids is 1. The van der Waals surface area contributed by atoms with E-state index < -0.39 is 20.2 Å². The maximum absolute atomic E-state index is 13.0. The molecule has 1 saturated heterocycles. The molecule has 0 unspecified atom stereocenters. The van der Waals surface area contributed by atoms with Crippen molar-refractivity contribution < 1.29 is 21.6 Å². The summed E-state index contributed by atoms with van der Waals surface area (Å²) in [5, 5.41) is 0. The van der Waals surface area contributed by atoms with E-state index in [4.69, 9.17) is 0 Å². The second kappa shape index (κ2) is 11.1. The Balaban J connectivity index is 1.54. The summed E-state index contributed by atoms with van der Waals surface area (Å²) >= 11 is 0. The van der Waals surface area contributed by atoms with Crippen LogP contribution in [0.25, 0.3) is 6.08 Å². The van der Waals surface area contributed by atoms with Crippen LogP contribution in [0.15, 0.2) is 35.2 Å². The number of rotatable bonds is 8. The number of hydrogen-bond donors (Lipinski definition) is 1. The van der Waals surface area contributed by atoms with Gasteiger partial charge in [-0.1, -0.05) is 38.3 Å². The van der Waals surface area contributed by atoms with Crippen molar-refractivity contribution in [3.05, 3.63) is 35.9 Å². The summed E-state index contributed by atoms with van der Waals surface area (Å²) in [5.41, 5.74) is 0.703. The third kappa shape index (κ3) is 6.42. The van der Waals surface area contributed by atoms with Gasteiger partial charge in [0.1, 0.15) is 0 Å². The second-order valence-corrected chi connectivity index (χ2v) is 12.2. The Bertz CT molecular complexity index is 1040. The molecule has 11 heteroatoms. The van der Waals surface area contributed by atoms with E-state index >= 15 is 0 Å². The first-order valence-corrected chi connectivity index (χ1v) is 14.3. The van der Waals surface area contributed by atoms with Crippen LogP contribution in [0.3, 0.4) is 0 Å². The number of hydrogen-bond acceptors (Lipinski definition) is 5. The van der Waals surface area contributed by atoms with Crippen molar-refractivity contribution in [3.8, 4) is 0 Å². The fourth-order valence-corrected chi connectivity index (χ4v) is 6.88. The van der Waals surface area contributed by atoms with E-state index in [1.807, 2.05) is 0 Å². The first-order valence-electron chi connectivity index (χ1n) is 11.4. The summed E-state index contributed by atoms with van der Waals surface area (Å²) in [6, 6.07) is 6.33. The first-order chi connectivity index (χ1) is 15.6. The molecule has 1 aromatic carbocycles. The lowest BCUT2D eigenvalue weighted by molar-refractivity contribution is -0.127. The molecule has 9 nitrogen and oxygen atoms in total. The summed E-state index contributed by atoms with van der Waals surface area (Å²) in [6.45, 7) is 3.24. The van der Waals surface area contributed by atoms with Gasteiger partial charge in [-0.2, -0.15) is 17.0 Å². The predicted octanol–water partition coefficient (Wildman–Crippen LogP) is 1.65. The Labute approximate surface area is 197 Å². The zero-order valence-corrected chi connectivity index (χ0v) is 20.9. The SMILES string of the molecule is CCNS(=O)(=O)c1ccc(/C=C/C(=O)N2CCN(S(=O)(=O)N(C)C3CCCCC3)CC2)cc1. The molecule has 1 heterocycles. The minimum absolute atomic E-state index is 0.0606. The first kappa shape index (κ1) is 25.8. The smallest absolute Gasteiger partial charge is 0.282 e. The van der Waals surface area contributed by atoms with Crippen LogP contribution in [-0.2, 0) is 25.0 Å². The molecule has 2 aliphatic rings. The average Bonchev–Trinajstić information content (AvgIpc) is 2.83. The van der Waals surface area contributed by atoms with Crippen molar-refractivity contribution in [1.82, 2.24) is 18.2 Å². The minimum atomic E-state index is -3.53. The third-order valence-corrected chi connectivity index (χ3v) is 9.88. The van der Waals surface area contributed by atoms with Gasteiger partial charge in [0, 0.05) is 51.9 Å². The zero-order valence-electron chi connectivity index (χ0n) is 19.3. The number of amides is 1. The maximum atomic E-state index is 13.0. The number of nitrogens with zero attached hydrogens (tertiary/aromatic N) is 3. The van der Waals surface area contributed by atoms with E-state index in [1.54, 1.807) is 37.1 Å². The predicted molar refractivity (Wildman–Crippen MR) is 128 cm³/mol. The van der Waals surface area contributed by atoms with Crippen LogP contribution in [0.4, 0.5) is 0 Å². The highest BCUT2D eigenvalue weighted by Crippen LogP contribution is 2.25. The van der Waals surface area contributed by atoms with Crippen molar-refractivity contribution in [2.24, 2.45) is 0 Å². The van der Waals surface area contributed by atoms with Crippen molar-refractivity contribution >= 4 is 32.2 Å². The van der Waals surface area contributed by atoms with E-state index in [1.165, 1.54) is 26.8 Å². The Morgan fingerprint density at radius 1 is 1.03 bits per heavy atom. The number of piperazine rings is 1. The van der Waals surface area contributed by atoms with E-state index in [0.29, 0.717) is 25.2 Å². The van der Waals surface area contributed by atoms with Crippen molar-refractivity contribution in [3.63, 3.8) is 0 Å². The highest BCUT2D eigenvalue weighted by atomic mass is 32.2. The van der Waals surface area contributed by atoms with Gasteiger partial charge in [-0.15, -0.1) is 0 Å². The van der Waals surface area contributed by atoms with Gasteiger partial charge in [0.05, 0.1) is 4.90 Å². The minimum Gasteiger partial charge on any atom is -0.337 e. The van der Waals surface area contributed by atoms with Crippen LogP contribution in [0, 0.1) is 0 Å². The van der Waals surface area contributed by atoms with Crippen LogP contribution in [0.1, 0.15) is 44.6 Å². The van der Waals surface area contributed by atoms with Gasteiger partial charge in [0.15, 0.2) is 0 Å². The van der Waals surface area contributed by atoms with Gasteiger partial charge in [-0.25, -0.2) is 13.1 Å². The lowest BCUT2D eigenvalue weighted by atomic mass is 9.96. The molecule has 1 saturated carbocycles. The van der Waals surface area contributed by atoms with Gasteiger partial charge in [0.25, 0.3) is 10.2 Å². The lowest BCUT2D eigenvalue weighted by Gasteiger charge is -2.38. The molecule has 0 bridgehead atoms. The van der Waals surface area contributed by atoms with Crippen LogP contribution < -0.4 is 4.72 Å². The molecule has 3 rings (SSSR count). The summed E-state index contributed by atoms with van der Waals surface area (Å²) in [7, 11) is -5.38. The van der Waals surface area contributed by atoms with E-state index in [2.05, 4.69) is 4.72 Å². The topological polar surface area (TPSA) is 107 Å². The molecule has 184 valence electrons. The number of benzene rings is 1. The molecule has 1 aliphatic heterocycles. The number of carbonyl (C=O) groups is 1. The zero-order chi connectivity index (χ0) is 24.1. The number of nitrogens with one attached hydrogen (secondary N) is 1. The van der Waals surface area contributed by atoms with Crippen molar-refractivity contribution in [2.75, 3.05) is 39.8 Å². The normalized spacial score (nSPS) is 19.4. The van der Waals surface area contributed by atoms with Gasteiger partial charge in [0.2, 0.25) is 15.9 Å². The highest BCUT2D eigenvalue weighted by molar-refractivity contribution is 7.89. The van der Waals surface area contributed by atoms with Crippen LogP contribution in [-0.4, -0.2) is 82.1 Å². The van der Waals surface area contributed by atoms with Crippen molar-refractivity contribution in [1.29, 1.82) is 0 Å². The van der Waals surface area contributed by atoms with E-state index in [9.17, 15) is 21.6 Å². The average molecular weight is 499 g/mol. The van der Waals surface area contributed by atoms with Crippen LogP contribution in [0.2, 0.25) is 0 Å². The molecule has 0 atom stereocenters. The maximum Gasteiger partial charge on any atom is 0.282 e. The molecule has 1 amide bonds. The van der Waals surface area contributed by atoms with Crippen LogP contribution >= 0.6 is 0 Å². The van der Waals surface area contributed by atoms with Crippen molar-refractivity contribution in [2.45, 2.75) is 50.0 Å². The second-order valence-electron chi connectivity index (χ2n) is 8.44. The fraction of sp³-hybridized carbons (Fsp3) is 0.591. The standard InChI is InChI=1S/C22H34N4O5S2/c1-3-23-32(28,29)21-12-9-19(10-13-21)11-14-22(27)25-15-17-26(18-16-25)33(30,31)24(2)20-7-5-4-6-8-20/h9-14,20,23H,3-8,15-18H2,1-2H3/b14-11+. The Hall–Kier alpha value is -1.79. The van der Waals surface area contributed by atoms with Gasteiger partial charge < -0.3 is 4.90 Å². The molecule has 33 heavy (non-hydrogen) atoms. The molecular formula is C22H34N4O5S2. The van der Waals surface area contributed by atoms with Gasteiger partial charge in [-0.05, 0) is 36.6 Å². The molecule has 0 radical (unpaired) electrons. The summed E-state index contributed by atoms with van der Waals surface area (Å²) in [4.78, 5) is 14.4. The van der Waals surface area contributed by atoms with E-state index in [0.717, 1.165) is 32.1 Å². The third-order valence-electron chi connectivity index (χ3n) is 6.27. The summed E-state index contributed by atoms with van der Waals surface area (Å²) < 4.78 is 55.4. The quantitative estimate of drug-likeness (QED) is 0.549. The Morgan fingerprint density at radius 3 is 2.21 bits per heavy atom. The number of sulfonamides is 1. The van der Waals surface area contributed by atoms with Crippen LogP contribution in [0.5, 0.6) is 0 Å². The fourth-order valence-electron chi connectivity index (χ4n) is 4.26. The molecular weight excluding hydrogens is 464 g/mol. The molecule has 0 spiro atoms.